The summed E-state index contributed by atoms with van der Waals surface area (Å²) in [5, 5.41) is 3.02. The molecular formula is C20H25N3O3S. The predicted molar refractivity (Wildman–Crippen MR) is 105 cm³/mol. The van der Waals surface area contributed by atoms with Crippen molar-refractivity contribution in [2.75, 3.05) is 32.3 Å². The normalized spacial score (nSPS) is 21.6. The second-order valence-corrected chi connectivity index (χ2v) is 8.78. The first kappa shape index (κ1) is 18.1. The van der Waals surface area contributed by atoms with Crippen LogP contribution in [0.5, 0.6) is 11.5 Å². The van der Waals surface area contributed by atoms with Gasteiger partial charge in [-0.15, -0.1) is 11.3 Å². The smallest absolute Gasteiger partial charge is 0.231 e. The number of fused-ring (bicyclic) bond motifs is 1. The Labute approximate surface area is 163 Å². The summed E-state index contributed by atoms with van der Waals surface area (Å²) < 4.78 is 10.9. The molecule has 7 heteroatoms. The van der Waals surface area contributed by atoms with E-state index in [1.807, 2.05) is 35.3 Å². The van der Waals surface area contributed by atoms with E-state index in [-0.39, 0.29) is 11.3 Å². The van der Waals surface area contributed by atoms with E-state index in [2.05, 4.69) is 24.0 Å². The van der Waals surface area contributed by atoms with Gasteiger partial charge >= 0.3 is 0 Å². The van der Waals surface area contributed by atoms with E-state index in [1.165, 1.54) is 5.56 Å². The molecule has 6 nitrogen and oxygen atoms in total. The van der Waals surface area contributed by atoms with E-state index in [1.54, 1.807) is 11.3 Å². The Hall–Kier alpha value is -2.28. The van der Waals surface area contributed by atoms with E-state index in [0.717, 1.165) is 41.7 Å². The Kier molecular flexibility index (Phi) is 4.72. The van der Waals surface area contributed by atoms with Gasteiger partial charge in [-0.3, -0.25) is 4.79 Å². The Bertz CT molecular complexity index is 851. The third kappa shape index (κ3) is 3.88. The number of amides is 1. The summed E-state index contributed by atoms with van der Waals surface area (Å²) in [5.41, 5.74) is 2.23. The topological polar surface area (TPSA) is 54.9 Å². The summed E-state index contributed by atoms with van der Waals surface area (Å²) in [4.78, 5) is 21.1. The highest BCUT2D eigenvalue weighted by atomic mass is 32.1. The zero-order valence-corrected chi connectivity index (χ0v) is 16.8. The molecule has 0 radical (unpaired) electrons. The largest absolute Gasteiger partial charge is 0.454 e. The van der Waals surface area contributed by atoms with Crippen molar-refractivity contribution in [2.45, 2.75) is 32.7 Å². The lowest BCUT2D eigenvalue weighted by atomic mass is 9.76. The first-order chi connectivity index (χ1) is 12.9. The summed E-state index contributed by atoms with van der Waals surface area (Å²) in [7, 11) is 3.97. The van der Waals surface area contributed by atoms with Crippen LogP contribution in [-0.2, 0) is 17.8 Å². The number of carbonyl (C=O) groups is 1. The second-order valence-electron chi connectivity index (χ2n) is 7.94. The fraction of sp³-hybridized carbons (Fsp3) is 0.500. The fourth-order valence-electron chi connectivity index (χ4n) is 3.80. The van der Waals surface area contributed by atoms with Gasteiger partial charge in [-0.25, -0.2) is 4.98 Å². The van der Waals surface area contributed by atoms with E-state index in [9.17, 15) is 4.79 Å². The van der Waals surface area contributed by atoms with Gasteiger partial charge in [-0.05, 0) is 36.0 Å². The van der Waals surface area contributed by atoms with Crippen molar-refractivity contribution in [1.29, 1.82) is 0 Å². The van der Waals surface area contributed by atoms with Crippen molar-refractivity contribution in [3.05, 3.63) is 34.8 Å². The standard InChI is InChI=1S/C20H25N3O3S/c1-20(9-14-4-5-16-17(8-14)26-13-25-16)7-6-18(24)23(12-20)10-15-11-27-19(21-15)22(2)3/h4-5,8,11H,6-7,9-10,12-13H2,1-3H3/t20-/m1/s1. The van der Waals surface area contributed by atoms with Gasteiger partial charge in [0.05, 0.1) is 12.2 Å². The zero-order valence-electron chi connectivity index (χ0n) is 16.0. The van der Waals surface area contributed by atoms with Crippen molar-refractivity contribution in [3.63, 3.8) is 0 Å². The number of anilines is 1. The number of rotatable bonds is 5. The molecule has 3 heterocycles. The molecule has 0 N–H and O–H groups in total. The van der Waals surface area contributed by atoms with Crippen molar-refractivity contribution in [2.24, 2.45) is 5.41 Å². The van der Waals surface area contributed by atoms with Crippen LogP contribution >= 0.6 is 11.3 Å². The van der Waals surface area contributed by atoms with Gasteiger partial charge in [0, 0.05) is 32.4 Å². The molecule has 0 unspecified atom stereocenters. The van der Waals surface area contributed by atoms with Gasteiger partial charge in [0.1, 0.15) is 0 Å². The SMILES string of the molecule is CN(C)c1nc(CN2C[C@@](C)(Cc3ccc4c(c3)OCO4)CCC2=O)cs1. The number of carbonyl (C=O) groups excluding carboxylic acids is 1. The summed E-state index contributed by atoms with van der Waals surface area (Å²) in [6.07, 6.45) is 2.40. The molecule has 144 valence electrons. The number of likely N-dealkylation sites (tertiary alicyclic amines) is 1. The third-order valence-corrected chi connectivity index (χ3v) is 6.27. The molecule has 1 atom stereocenters. The fourth-order valence-corrected chi connectivity index (χ4v) is 4.55. The average molecular weight is 388 g/mol. The van der Waals surface area contributed by atoms with Crippen LogP contribution in [0.1, 0.15) is 31.0 Å². The number of hydrogen-bond acceptors (Lipinski definition) is 6. The molecule has 1 amide bonds. The van der Waals surface area contributed by atoms with Gasteiger partial charge in [-0.1, -0.05) is 13.0 Å². The van der Waals surface area contributed by atoms with E-state index < -0.39 is 0 Å². The Morgan fingerprint density at radius 1 is 1.30 bits per heavy atom. The Balaban J connectivity index is 1.46. The molecule has 27 heavy (non-hydrogen) atoms. The van der Waals surface area contributed by atoms with Crippen molar-refractivity contribution < 1.29 is 14.3 Å². The highest BCUT2D eigenvalue weighted by molar-refractivity contribution is 7.13. The first-order valence-corrected chi connectivity index (χ1v) is 10.1. The number of aromatic nitrogens is 1. The highest BCUT2D eigenvalue weighted by Gasteiger charge is 2.35. The Morgan fingerprint density at radius 3 is 2.89 bits per heavy atom. The number of nitrogens with zero attached hydrogens (tertiary/aromatic N) is 3. The molecule has 2 aromatic rings. The molecule has 1 aromatic heterocycles. The number of hydrogen-bond donors (Lipinski definition) is 0. The van der Waals surface area contributed by atoms with E-state index in [0.29, 0.717) is 19.8 Å². The van der Waals surface area contributed by atoms with Gasteiger partial charge in [-0.2, -0.15) is 0 Å². The van der Waals surface area contributed by atoms with Gasteiger partial charge in [0.15, 0.2) is 16.6 Å². The molecule has 1 aromatic carbocycles. The van der Waals surface area contributed by atoms with Crippen LogP contribution < -0.4 is 14.4 Å². The van der Waals surface area contributed by atoms with E-state index in [4.69, 9.17) is 9.47 Å². The van der Waals surface area contributed by atoms with Crippen molar-refractivity contribution >= 4 is 22.4 Å². The number of thiazole rings is 1. The van der Waals surface area contributed by atoms with Crippen molar-refractivity contribution in [3.8, 4) is 11.5 Å². The summed E-state index contributed by atoms with van der Waals surface area (Å²) >= 11 is 1.61. The molecule has 0 bridgehead atoms. The molecular weight excluding hydrogens is 362 g/mol. The highest BCUT2D eigenvalue weighted by Crippen LogP contribution is 2.38. The lowest BCUT2D eigenvalue weighted by Gasteiger charge is -2.40. The molecule has 2 aliphatic rings. The monoisotopic (exact) mass is 387 g/mol. The summed E-state index contributed by atoms with van der Waals surface area (Å²) in [5.74, 6) is 1.85. The molecule has 0 spiro atoms. The lowest BCUT2D eigenvalue weighted by molar-refractivity contribution is -0.138. The lowest BCUT2D eigenvalue weighted by Crippen LogP contribution is -2.45. The predicted octanol–water partition coefficient (Wildman–Crippen LogP) is 3.31. The van der Waals surface area contributed by atoms with Gasteiger partial charge in [0.2, 0.25) is 12.7 Å². The molecule has 2 aliphatic heterocycles. The maximum atomic E-state index is 12.5. The maximum Gasteiger partial charge on any atom is 0.231 e. The van der Waals surface area contributed by atoms with Crippen molar-refractivity contribution in [1.82, 2.24) is 9.88 Å². The van der Waals surface area contributed by atoms with Crippen LogP contribution in [0.15, 0.2) is 23.6 Å². The minimum atomic E-state index is 0.0437. The van der Waals surface area contributed by atoms with Gasteiger partial charge < -0.3 is 19.3 Å². The number of ether oxygens (including phenoxy) is 2. The van der Waals surface area contributed by atoms with Crippen LogP contribution in [0.4, 0.5) is 5.13 Å². The zero-order chi connectivity index (χ0) is 19.0. The van der Waals surface area contributed by atoms with Crippen LogP contribution in [0.3, 0.4) is 0 Å². The van der Waals surface area contributed by atoms with Crippen LogP contribution in [0, 0.1) is 5.41 Å². The third-order valence-electron chi connectivity index (χ3n) is 5.21. The molecule has 4 rings (SSSR count). The molecule has 1 saturated heterocycles. The van der Waals surface area contributed by atoms with Gasteiger partial charge in [0.25, 0.3) is 0 Å². The van der Waals surface area contributed by atoms with Crippen LogP contribution in [0.2, 0.25) is 0 Å². The van der Waals surface area contributed by atoms with E-state index >= 15 is 0 Å². The first-order valence-electron chi connectivity index (χ1n) is 9.20. The number of benzene rings is 1. The van der Waals surface area contributed by atoms with Crippen LogP contribution in [0.25, 0.3) is 0 Å². The minimum absolute atomic E-state index is 0.0437. The second kappa shape index (κ2) is 7.03. The minimum Gasteiger partial charge on any atom is -0.454 e. The molecule has 0 saturated carbocycles. The average Bonchev–Trinajstić information content (AvgIpc) is 3.27. The summed E-state index contributed by atoms with van der Waals surface area (Å²) in [6, 6.07) is 6.15. The summed E-state index contributed by atoms with van der Waals surface area (Å²) in [6.45, 7) is 3.89. The molecule has 0 aliphatic carbocycles. The Morgan fingerprint density at radius 2 is 2.11 bits per heavy atom. The number of piperidine rings is 1. The van der Waals surface area contributed by atoms with Crippen LogP contribution in [-0.4, -0.2) is 43.2 Å². The molecule has 1 fully saturated rings. The quantitative estimate of drug-likeness (QED) is 0.788. The maximum absolute atomic E-state index is 12.5.